The predicted octanol–water partition coefficient (Wildman–Crippen LogP) is 2.04. The Morgan fingerprint density at radius 3 is 2.56 bits per heavy atom. The minimum absolute atomic E-state index is 0.250. The Bertz CT molecular complexity index is 484. The molecule has 3 N–H and O–H groups in total. The number of carbonyl (C=O) groups is 1. The Morgan fingerprint density at radius 2 is 2.12 bits per heavy atom. The summed E-state index contributed by atoms with van der Waals surface area (Å²) < 4.78 is 0. The second kappa shape index (κ2) is 4.99. The van der Waals surface area contributed by atoms with E-state index in [1.807, 2.05) is 0 Å². The van der Waals surface area contributed by atoms with Gasteiger partial charge >= 0.3 is 5.97 Å². The van der Waals surface area contributed by atoms with Gasteiger partial charge in [-0.2, -0.15) is 5.26 Å². The van der Waals surface area contributed by atoms with Gasteiger partial charge in [0.05, 0.1) is 0 Å². The van der Waals surface area contributed by atoms with Gasteiger partial charge in [-0.05, 0) is 18.1 Å². The molecule has 0 heterocycles. The molecule has 0 saturated heterocycles. The minimum atomic E-state index is -1.22. The molecule has 0 aliphatic rings. The molecule has 0 bridgehead atoms. The van der Waals surface area contributed by atoms with E-state index in [1.165, 1.54) is 0 Å². The van der Waals surface area contributed by atoms with E-state index in [4.69, 9.17) is 16.1 Å². The third-order valence-electron chi connectivity index (χ3n) is 2.27. The van der Waals surface area contributed by atoms with Crippen molar-refractivity contribution >= 4 is 17.2 Å². The number of nitrogens with two attached hydrogens (primary N) is 1. The molecule has 4 heteroatoms. The van der Waals surface area contributed by atoms with Gasteiger partial charge in [0.15, 0.2) is 0 Å². The van der Waals surface area contributed by atoms with Crippen molar-refractivity contribution in [3.05, 3.63) is 35.4 Å². The van der Waals surface area contributed by atoms with Crippen molar-refractivity contribution in [1.29, 1.82) is 5.26 Å². The van der Waals surface area contributed by atoms with Gasteiger partial charge in [-0.15, -0.1) is 0 Å². The molecule has 0 radical (unpaired) electrons. The van der Waals surface area contributed by atoms with Crippen LogP contribution in [0.1, 0.15) is 18.9 Å². The summed E-state index contributed by atoms with van der Waals surface area (Å²) in [6, 6.07) is 8.63. The lowest BCUT2D eigenvalue weighted by Gasteiger charge is -2.09. The molecule has 1 rings (SSSR count). The molecule has 4 nitrogen and oxygen atoms in total. The Morgan fingerprint density at radius 1 is 1.50 bits per heavy atom. The van der Waals surface area contributed by atoms with Crippen molar-refractivity contribution in [3.8, 4) is 6.07 Å². The fourth-order valence-corrected chi connectivity index (χ4v) is 1.52. The van der Waals surface area contributed by atoms with E-state index in [-0.39, 0.29) is 5.57 Å². The molecule has 82 valence electrons. The van der Waals surface area contributed by atoms with Crippen LogP contribution in [0.25, 0.3) is 5.57 Å². The Hall–Kier alpha value is -2.28. The van der Waals surface area contributed by atoms with Crippen molar-refractivity contribution < 1.29 is 9.90 Å². The monoisotopic (exact) mass is 216 g/mol. The zero-order chi connectivity index (χ0) is 12.1. The molecule has 0 unspecified atom stereocenters. The van der Waals surface area contributed by atoms with E-state index in [9.17, 15) is 4.79 Å². The number of carboxylic acid groups (broad SMARTS) is 1. The lowest BCUT2D eigenvalue weighted by Crippen LogP contribution is -2.03. The summed E-state index contributed by atoms with van der Waals surface area (Å²) >= 11 is 0. The zero-order valence-electron chi connectivity index (χ0n) is 8.90. The number of rotatable bonds is 3. The van der Waals surface area contributed by atoms with E-state index in [0.717, 1.165) is 0 Å². The van der Waals surface area contributed by atoms with Crippen LogP contribution in [0.4, 0.5) is 5.69 Å². The first kappa shape index (κ1) is 11.8. The van der Waals surface area contributed by atoms with E-state index < -0.39 is 5.97 Å². The number of benzene rings is 1. The highest BCUT2D eigenvalue weighted by atomic mass is 16.4. The fourth-order valence-electron chi connectivity index (χ4n) is 1.52. The number of carboxylic acids is 1. The molecular formula is C12H12N2O2. The maximum Gasteiger partial charge on any atom is 0.346 e. The first-order chi connectivity index (χ1) is 7.61. The summed E-state index contributed by atoms with van der Waals surface area (Å²) in [6.07, 6.45) is 0.448. The molecule has 0 aliphatic carbocycles. The van der Waals surface area contributed by atoms with E-state index in [0.29, 0.717) is 23.2 Å². The first-order valence-corrected chi connectivity index (χ1v) is 4.83. The molecule has 0 saturated carbocycles. The Kier molecular flexibility index (Phi) is 3.67. The van der Waals surface area contributed by atoms with E-state index in [1.54, 1.807) is 37.3 Å². The highest BCUT2D eigenvalue weighted by Gasteiger charge is 2.15. The molecule has 16 heavy (non-hydrogen) atoms. The largest absolute Gasteiger partial charge is 0.477 e. The van der Waals surface area contributed by atoms with Gasteiger partial charge in [0, 0.05) is 11.3 Å². The molecule has 0 aliphatic heterocycles. The maximum absolute atomic E-state index is 10.9. The van der Waals surface area contributed by atoms with E-state index >= 15 is 0 Å². The van der Waals surface area contributed by atoms with Crippen molar-refractivity contribution in [3.63, 3.8) is 0 Å². The van der Waals surface area contributed by atoms with Crippen molar-refractivity contribution in [1.82, 2.24) is 0 Å². The number of allylic oxidation sites excluding steroid dienone is 1. The van der Waals surface area contributed by atoms with Crippen LogP contribution in [0.2, 0.25) is 0 Å². The lowest BCUT2D eigenvalue weighted by molar-refractivity contribution is -0.132. The second-order valence-electron chi connectivity index (χ2n) is 3.21. The molecule has 0 atom stereocenters. The van der Waals surface area contributed by atoms with Crippen molar-refractivity contribution in [2.24, 2.45) is 0 Å². The van der Waals surface area contributed by atoms with Crippen LogP contribution in [-0.2, 0) is 4.79 Å². The zero-order valence-corrected chi connectivity index (χ0v) is 8.90. The van der Waals surface area contributed by atoms with Crippen LogP contribution < -0.4 is 5.73 Å². The molecule has 1 aromatic carbocycles. The number of nitriles is 1. The second-order valence-corrected chi connectivity index (χ2v) is 3.21. The normalized spacial score (nSPS) is 11.5. The quantitative estimate of drug-likeness (QED) is 0.459. The van der Waals surface area contributed by atoms with Crippen LogP contribution in [-0.4, -0.2) is 11.1 Å². The predicted molar refractivity (Wildman–Crippen MR) is 61.3 cm³/mol. The standard InChI is InChI=1S/C12H12N2O2/c1-2-8(10(7-13)12(15)16)9-5-3-4-6-11(9)14/h3-6H,2,14H2,1H3,(H,15,16)/b10-8-. The van der Waals surface area contributed by atoms with Gasteiger partial charge < -0.3 is 10.8 Å². The third kappa shape index (κ3) is 2.20. The number of aliphatic carboxylic acids is 1. The average Bonchev–Trinajstić information content (AvgIpc) is 2.26. The van der Waals surface area contributed by atoms with Gasteiger partial charge in [-0.25, -0.2) is 4.79 Å². The Balaban J connectivity index is 3.44. The number of hydrogen-bond acceptors (Lipinski definition) is 3. The summed E-state index contributed by atoms with van der Waals surface area (Å²) in [7, 11) is 0. The highest BCUT2D eigenvalue weighted by Crippen LogP contribution is 2.26. The SMILES string of the molecule is CC/C(=C(\C#N)C(=O)O)c1ccccc1N. The van der Waals surface area contributed by atoms with Crippen LogP contribution >= 0.6 is 0 Å². The number of nitrogen functional groups attached to an aromatic ring is 1. The van der Waals surface area contributed by atoms with Crippen molar-refractivity contribution in [2.45, 2.75) is 13.3 Å². The van der Waals surface area contributed by atoms with Crippen LogP contribution in [0.5, 0.6) is 0 Å². The van der Waals surface area contributed by atoms with Crippen LogP contribution in [0, 0.1) is 11.3 Å². The first-order valence-electron chi connectivity index (χ1n) is 4.83. The van der Waals surface area contributed by atoms with Gasteiger partial charge in [0.2, 0.25) is 0 Å². The molecule has 0 spiro atoms. The molecular weight excluding hydrogens is 204 g/mol. The highest BCUT2D eigenvalue weighted by molar-refractivity contribution is 6.01. The molecule has 0 amide bonds. The smallest absolute Gasteiger partial charge is 0.346 e. The maximum atomic E-state index is 10.9. The molecule has 1 aromatic rings. The van der Waals surface area contributed by atoms with Gasteiger partial charge in [0.25, 0.3) is 0 Å². The molecule has 0 fully saturated rings. The average molecular weight is 216 g/mol. The molecule has 0 aromatic heterocycles. The third-order valence-corrected chi connectivity index (χ3v) is 2.27. The summed E-state index contributed by atoms with van der Waals surface area (Å²) in [5.74, 6) is -1.22. The lowest BCUT2D eigenvalue weighted by atomic mass is 9.97. The van der Waals surface area contributed by atoms with Crippen molar-refractivity contribution in [2.75, 3.05) is 5.73 Å². The Labute approximate surface area is 93.6 Å². The van der Waals surface area contributed by atoms with Gasteiger partial charge in [0.1, 0.15) is 11.6 Å². The number of para-hydroxylation sites is 1. The minimum Gasteiger partial charge on any atom is -0.477 e. The van der Waals surface area contributed by atoms with Gasteiger partial charge in [-0.3, -0.25) is 0 Å². The summed E-state index contributed by atoms with van der Waals surface area (Å²) in [5, 5.41) is 17.7. The van der Waals surface area contributed by atoms with Gasteiger partial charge in [-0.1, -0.05) is 25.1 Å². The summed E-state index contributed by atoms with van der Waals surface area (Å²) in [5.41, 5.74) is 7.06. The van der Waals surface area contributed by atoms with Crippen LogP contribution in [0.3, 0.4) is 0 Å². The fraction of sp³-hybridized carbons (Fsp3) is 0.167. The summed E-state index contributed by atoms with van der Waals surface area (Å²) in [6.45, 7) is 1.79. The summed E-state index contributed by atoms with van der Waals surface area (Å²) in [4.78, 5) is 10.9. The number of anilines is 1. The van der Waals surface area contributed by atoms with E-state index in [2.05, 4.69) is 0 Å². The number of hydrogen-bond donors (Lipinski definition) is 2. The van der Waals surface area contributed by atoms with Crippen LogP contribution in [0.15, 0.2) is 29.8 Å². The number of nitrogens with zero attached hydrogens (tertiary/aromatic N) is 1. The topological polar surface area (TPSA) is 87.1 Å².